The second-order valence-corrected chi connectivity index (χ2v) is 7.38. The van der Waals surface area contributed by atoms with E-state index in [-0.39, 0.29) is 17.6 Å². The summed E-state index contributed by atoms with van der Waals surface area (Å²) in [5, 5.41) is 22.1. The van der Waals surface area contributed by atoms with Crippen LogP contribution in [0.3, 0.4) is 0 Å². The Kier molecular flexibility index (Phi) is 7.33. The highest BCUT2D eigenvalue weighted by Gasteiger charge is 2.40. The number of nitrogens with one attached hydrogen (secondary N) is 1. The predicted molar refractivity (Wildman–Crippen MR) is 120 cm³/mol. The minimum Gasteiger partial charge on any atom is -0.508 e. The van der Waals surface area contributed by atoms with Crippen LogP contribution in [0.2, 0.25) is 0 Å². The van der Waals surface area contributed by atoms with E-state index in [9.17, 15) is 19.8 Å². The molecule has 1 heterocycles. The number of aliphatic carboxylic acids is 1. The molecule has 9 heteroatoms. The first-order valence-electron chi connectivity index (χ1n) is 10.2. The molecule has 0 fully saturated rings. The second kappa shape index (κ2) is 10.3. The van der Waals surface area contributed by atoms with Gasteiger partial charge in [-0.2, -0.15) is 0 Å². The van der Waals surface area contributed by atoms with Crippen LogP contribution in [0.4, 0.5) is 0 Å². The van der Waals surface area contributed by atoms with Crippen LogP contribution in [0.1, 0.15) is 41.6 Å². The van der Waals surface area contributed by atoms with Gasteiger partial charge < -0.3 is 31.7 Å². The number of aromatic hydroxyl groups is 1. The number of carbonyl (C=O) groups is 2. The van der Waals surface area contributed by atoms with Crippen molar-refractivity contribution in [1.82, 2.24) is 5.32 Å². The SMILES string of the molecule is NC(N)=NCCCCNC(=O)/C=C/c1ccc2c(c1)[C@@H](C(=O)O)[C@H](c1ccc(O)cc1)O2. The zero-order chi connectivity index (χ0) is 23.1. The van der Waals surface area contributed by atoms with Crippen molar-refractivity contribution in [3.8, 4) is 11.5 Å². The molecule has 1 aliphatic heterocycles. The summed E-state index contributed by atoms with van der Waals surface area (Å²) in [4.78, 5) is 27.9. The Morgan fingerprint density at radius 2 is 1.88 bits per heavy atom. The average molecular weight is 438 g/mol. The van der Waals surface area contributed by atoms with Gasteiger partial charge in [0.15, 0.2) is 5.96 Å². The number of phenols is 1. The van der Waals surface area contributed by atoms with Crippen molar-refractivity contribution in [1.29, 1.82) is 0 Å². The summed E-state index contributed by atoms with van der Waals surface area (Å²) >= 11 is 0. The van der Waals surface area contributed by atoms with Crippen molar-refractivity contribution in [2.45, 2.75) is 24.9 Å². The Hall–Kier alpha value is -4.01. The number of hydrogen-bond donors (Lipinski definition) is 5. The van der Waals surface area contributed by atoms with Gasteiger partial charge in [-0.3, -0.25) is 14.6 Å². The zero-order valence-corrected chi connectivity index (χ0v) is 17.4. The van der Waals surface area contributed by atoms with Gasteiger partial charge in [0.25, 0.3) is 0 Å². The highest BCUT2D eigenvalue weighted by molar-refractivity contribution is 5.91. The van der Waals surface area contributed by atoms with Crippen LogP contribution in [0.5, 0.6) is 11.5 Å². The molecule has 2 aromatic carbocycles. The number of aliphatic imine (C=N–C) groups is 1. The first-order valence-corrected chi connectivity index (χ1v) is 10.2. The van der Waals surface area contributed by atoms with Gasteiger partial charge >= 0.3 is 5.97 Å². The van der Waals surface area contributed by atoms with E-state index in [0.717, 1.165) is 12.8 Å². The number of amides is 1. The number of guanidine groups is 1. The molecule has 1 aliphatic rings. The van der Waals surface area contributed by atoms with Crippen molar-refractivity contribution in [3.05, 3.63) is 65.2 Å². The van der Waals surface area contributed by atoms with Gasteiger partial charge in [-0.15, -0.1) is 0 Å². The zero-order valence-electron chi connectivity index (χ0n) is 17.4. The standard InChI is InChI=1S/C23H26N4O5/c24-23(25)27-12-2-1-11-26-19(29)10-4-14-3-9-18-17(13-14)20(22(30)31)21(32-18)15-5-7-16(28)8-6-15/h3-10,13,20-21,28H,1-2,11-12H2,(H,26,29)(H,30,31)(H4,24,25,27)/b10-4+/t20-,21+/m1/s1. The molecule has 2 aromatic rings. The van der Waals surface area contributed by atoms with Crippen LogP contribution in [0.25, 0.3) is 6.08 Å². The van der Waals surface area contributed by atoms with Crippen LogP contribution >= 0.6 is 0 Å². The molecule has 0 aromatic heterocycles. The maximum absolute atomic E-state index is 12.0. The Bertz CT molecular complexity index is 1030. The van der Waals surface area contributed by atoms with E-state index in [1.165, 1.54) is 18.2 Å². The normalized spacial score (nSPS) is 16.9. The van der Waals surface area contributed by atoms with Crippen LogP contribution < -0.4 is 21.5 Å². The number of ether oxygens (including phenoxy) is 1. The molecule has 0 radical (unpaired) electrons. The third-order valence-electron chi connectivity index (χ3n) is 5.02. The number of unbranched alkanes of at least 4 members (excludes halogenated alkanes) is 1. The van der Waals surface area contributed by atoms with Crippen LogP contribution in [-0.4, -0.2) is 41.1 Å². The van der Waals surface area contributed by atoms with Gasteiger partial charge in [-0.05, 0) is 54.3 Å². The Labute approximate surface area is 185 Å². The molecule has 2 atom stereocenters. The maximum atomic E-state index is 12.0. The minimum absolute atomic E-state index is 0.0521. The smallest absolute Gasteiger partial charge is 0.315 e. The fraction of sp³-hybridized carbons (Fsp3) is 0.261. The van der Waals surface area contributed by atoms with E-state index < -0.39 is 18.0 Å². The van der Waals surface area contributed by atoms with E-state index in [1.54, 1.807) is 36.4 Å². The average Bonchev–Trinajstić information content (AvgIpc) is 3.14. The number of carbonyl (C=O) groups excluding carboxylic acids is 1. The highest BCUT2D eigenvalue weighted by atomic mass is 16.5. The maximum Gasteiger partial charge on any atom is 0.315 e. The van der Waals surface area contributed by atoms with Crippen LogP contribution in [-0.2, 0) is 9.59 Å². The Morgan fingerprint density at radius 1 is 1.12 bits per heavy atom. The van der Waals surface area contributed by atoms with E-state index in [0.29, 0.717) is 35.5 Å². The molecular formula is C23H26N4O5. The van der Waals surface area contributed by atoms with Crippen molar-refractivity contribution >= 4 is 23.9 Å². The Morgan fingerprint density at radius 3 is 2.56 bits per heavy atom. The molecule has 168 valence electrons. The summed E-state index contributed by atoms with van der Waals surface area (Å²) in [7, 11) is 0. The third-order valence-corrected chi connectivity index (χ3v) is 5.02. The molecule has 0 saturated carbocycles. The fourth-order valence-electron chi connectivity index (χ4n) is 3.46. The lowest BCUT2D eigenvalue weighted by Crippen LogP contribution is -2.24. The Balaban J connectivity index is 1.63. The highest BCUT2D eigenvalue weighted by Crippen LogP contribution is 2.46. The van der Waals surface area contributed by atoms with E-state index >= 15 is 0 Å². The molecule has 9 nitrogen and oxygen atoms in total. The quantitative estimate of drug-likeness (QED) is 0.173. The third kappa shape index (κ3) is 5.78. The molecule has 1 amide bonds. The predicted octanol–water partition coefficient (Wildman–Crippen LogP) is 1.88. The van der Waals surface area contributed by atoms with Crippen molar-refractivity contribution < 1.29 is 24.5 Å². The van der Waals surface area contributed by atoms with E-state index in [2.05, 4.69) is 10.3 Å². The topological polar surface area (TPSA) is 160 Å². The monoisotopic (exact) mass is 438 g/mol. The largest absolute Gasteiger partial charge is 0.508 e. The number of hydrogen-bond acceptors (Lipinski definition) is 5. The summed E-state index contributed by atoms with van der Waals surface area (Å²) < 4.78 is 5.90. The van der Waals surface area contributed by atoms with Crippen molar-refractivity contribution in [3.63, 3.8) is 0 Å². The number of nitrogens with zero attached hydrogens (tertiary/aromatic N) is 1. The molecule has 0 saturated heterocycles. The molecule has 0 unspecified atom stereocenters. The first kappa shape index (κ1) is 22.7. The molecule has 0 aliphatic carbocycles. The number of benzene rings is 2. The second-order valence-electron chi connectivity index (χ2n) is 7.38. The summed E-state index contributed by atoms with van der Waals surface area (Å²) in [5.41, 5.74) is 12.4. The first-order chi connectivity index (χ1) is 15.3. The van der Waals surface area contributed by atoms with Gasteiger partial charge in [0.1, 0.15) is 23.5 Å². The van der Waals surface area contributed by atoms with Gasteiger partial charge in [0.2, 0.25) is 5.91 Å². The summed E-state index contributed by atoms with van der Waals surface area (Å²) in [6.45, 7) is 1.01. The van der Waals surface area contributed by atoms with Gasteiger partial charge in [0.05, 0.1) is 0 Å². The van der Waals surface area contributed by atoms with Crippen molar-refractivity contribution in [2.24, 2.45) is 16.5 Å². The number of carboxylic acids is 1. The number of fused-ring (bicyclic) bond motifs is 1. The van der Waals surface area contributed by atoms with E-state index in [1.807, 2.05) is 0 Å². The minimum atomic E-state index is -1.01. The molecule has 32 heavy (non-hydrogen) atoms. The number of nitrogens with two attached hydrogens (primary N) is 2. The number of phenolic OH excluding ortho intramolecular Hbond substituents is 1. The van der Waals surface area contributed by atoms with Gasteiger partial charge in [0, 0.05) is 24.7 Å². The van der Waals surface area contributed by atoms with Crippen molar-refractivity contribution in [2.75, 3.05) is 13.1 Å². The summed E-state index contributed by atoms with van der Waals surface area (Å²) in [5.74, 6) is -1.53. The summed E-state index contributed by atoms with van der Waals surface area (Å²) in [6.07, 6.45) is 3.82. The molecule has 3 rings (SSSR count). The number of carboxylic acid groups (broad SMARTS) is 1. The lowest BCUT2D eigenvalue weighted by Gasteiger charge is -2.16. The lowest BCUT2D eigenvalue weighted by atomic mass is 9.90. The lowest BCUT2D eigenvalue weighted by molar-refractivity contribution is -0.140. The number of rotatable bonds is 9. The van der Waals surface area contributed by atoms with Gasteiger partial charge in [-0.25, -0.2) is 0 Å². The van der Waals surface area contributed by atoms with Crippen LogP contribution in [0, 0.1) is 0 Å². The van der Waals surface area contributed by atoms with Crippen LogP contribution in [0.15, 0.2) is 53.5 Å². The fourth-order valence-corrected chi connectivity index (χ4v) is 3.46. The van der Waals surface area contributed by atoms with Gasteiger partial charge in [-0.1, -0.05) is 18.2 Å². The molecular weight excluding hydrogens is 412 g/mol. The molecule has 0 bridgehead atoms. The molecule has 0 spiro atoms. The molecule has 7 N–H and O–H groups in total. The summed E-state index contributed by atoms with van der Waals surface area (Å²) in [6, 6.07) is 11.5. The van der Waals surface area contributed by atoms with E-state index in [4.69, 9.17) is 16.2 Å².